The molecular formula is C18H16O2Se. The summed E-state index contributed by atoms with van der Waals surface area (Å²) in [6.07, 6.45) is 0. The number of hydrogen-bond donors (Lipinski definition) is 0. The molecular weight excluding hydrogens is 327 g/mol. The molecule has 3 aromatic rings. The Labute approximate surface area is 130 Å². The molecule has 0 fully saturated rings. The monoisotopic (exact) mass is 344 g/mol. The molecule has 0 bridgehead atoms. The summed E-state index contributed by atoms with van der Waals surface area (Å²) in [5, 5.41) is 0. The van der Waals surface area contributed by atoms with E-state index in [9.17, 15) is 0 Å². The number of para-hydroxylation sites is 2. The Morgan fingerprint density at radius 1 is 0.619 bits per heavy atom. The van der Waals surface area contributed by atoms with Gasteiger partial charge in [-0.3, -0.25) is 0 Å². The molecule has 0 aliphatic heterocycles. The molecule has 0 amide bonds. The molecule has 0 atom stereocenters. The average Bonchev–Trinajstić information content (AvgIpc) is 3.04. The Hall–Kier alpha value is -1.96. The van der Waals surface area contributed by atoms with Gasteiger partial charge in [0.25, 0.3) is 0 Å². The summed E-state index contributed by atoms with van der Waals surface area (Å²) in [7, 11) is 3.44. The van der Waals surface area contributed by atoms with Gasteiger partial charge in [-0.05, 0) is 0 Å². The third kappa shape index (κ3) is 2.76. The van der Waals surface area contributed by atoms with E-state index in [0.717, 1.165) is 11.5 Å². The molecule has 21 heavy (non-hydrogen) atoms. The van der Waals surface area contributed by atoms with Crippen molar-refractivity contribution in [3.05, 3.63) is 60.7 Å². The summed E-state index contributed by atoms with van der Waals surface area (Å²) in [5.41, 5.74) is 2.36. The van der Waals surface area contributed by atoms with Gasteiger partial charge in [0.2, 0.25) is 0 Å². The van der Waals surface area contributed by atoms with Crippen molar-refractivity contribution in [3.63, 3.8) is 0 Å². The van der Waals surface area contributed by atoms with Crippen molar-refractivity contribution in [1.82, 2.24) is 0 Å². The van der Waals surface area contributed by atoms with Crippen LogP contribution in [-0.2, 0) is 0 Å². The van der Waals surface area contributed by atoms with Gasteiger partial charge in [-0.2, -0.15) is 0 Å². The summed E-state index contributed by atoms with van der Waals surface area (Å²) in [6.45, 7) is 0. The van der Waals surface area contributed by atoms with Gasteiger partial charge in [-0.15, -0.1) is 0 Å². The second-order valence-corrected chi connectivity index (χ2v) is 6.84. The predicted octanol–water partition coefficient (Wildman–Crippen LogP) is 4.09. The zero-order chi connectivity index (χ0) is 14.7. The van der Waals surface area contributed by atoms with Crippen LogP contribution >= 0.6 is 0 Å². The minimum atomic E-state index is 0.253. The van der Waals surface area contributed by atoms with Crippen molar-refractivity contribution in [1.29, 1.82) is 0 Å². The van der Waals surface area contributed by atoms with Gasteiger partial charge < -0.3 is 0 Å². The number of ether oxygens (including phenoxy) is 2. The van der Waals surface area contributed by atoms with Crippen molar-refractivity contribution in [2.75, 3.05) is 14.2 Å². The molecule has 1 heterocycles. The van der Waals surface area contributed by atoms with Gasteiger partial charge in [0.05, 0.1) is 0 Å². The molecule has 0 spiro atoms. The van der Waals surface area contributed by atoms with Crippen molar-refractivity contribution in [2.24, 2.45) is 0 Å². The quantitative estimate of drug-likeness (QED) is 0.664. The van der Waals surface area contributed by atoms with Crippen molar-refractivity contribution in [2.45, 2.75) is 0 Å². The fraction of sp³-hybridized carbons (Fsp3) is 0.111. The molecule has 0 aliphatic carbocycles. The van der Waals surface area contributed by atoms with E-state index < -0.39 is 0 Å². The molecule has 3 heteroatoms. The van der Waals surface area contributed by atoms with Crippen LogP contribution in [0, 0.1) is 0 Å². The summed E-state index contributed by atoms with van der Waals surface area (Å²) >= 11 is 0.253. The zero-order valence-electron chi connectivity index (χ0n) is 12.0. The van der Waals surface area contributed by atoms with Crippen molar-refractivity contribution < 1.29 is 9.47 Å². The first-order chi connectivity index (χ1) is 10.3. The molecule has 2 aromatic carbocycles. The van der Waals surface area contributed by atoms with Crippen LogP contribution in [-0.4, -0.2) is 28.7 Å². The van der Waals surface area contributed by atoms with Crippen LogP contribution in [0.15, 0.2) is 60.7 Å². The number of methoxy groups -OCH3 is 2. The van der Waals surface area contributed by atoms with E-state index in [1.165, 1.54) is 20.0 Å². The molecule has 0 radical (unpaired) electrons. The number of benzene rings is 2. The van der Waals surface area contributed by atoms with Gasteiger partial charge >= 0.3 is 130 Å². The van der Waals surface area contributed by atoms with E-state index in [0.29, 0.717) is 0 Å². The van der Waals surface area contributed by atoms with Crippen LogP contribution in [0.2, 0.25) is 0 Å². The molecule has 2 nitrogen and oxygen atoms in total. The fourth-order valence-electron chi connectivity index (χ4n) is 2.32. The Morgan fingerprint density at radius 2 is 1.05 bits per heavy atom. The first-order valence-electron chi connectivity index (χ1n) is 6.70. The Bertz CT molecular complexity index is 684. The van der Waals surface area contributed by atoms with Gasteiger partial charge in [0.1, 0.15) is 0 Å². The fourth-order valence-corrected chi connectivity index (χ4v) is 4.56. The van der Waals surface area contributed by atoms with Crippen LogP contribution in [0.5, 0.6) is 11.5 Å². The molecule has 0 saturated heterocycles. The molecule has 1 aromatic heterocycles. The SMILES string of the molecule is COc1ccccc1-c1ccc(-c2ccccc2OC)[se]1. The third-order valence-corrected chi connectivity index (χ3v) is 5.77. The third-order valence-electron chi connectivity index (χ3n) is 3.35. The number of hydrogen-bond acceptors (Lipinski definition) is 2. The summed E-state index contributed by atoms with van der Waals surface area (Å²) in [4.78, 5) is 0. The summed E-state index contributed by atoms with van der Waals surface area (Å²) < 4.78 is 13.6. The second-order valence-electron chi connectivity index (χ2n) is 4.56. The Morgan fingerprint density at radius 3 is 1.48 bits per heavy atom. The van der Waals surface area contributed by atoms with Gasteiger partial charge in [0, 0.05) is 0 Å². The summed E-state index contributed by atoms with van der Waals surface area (Å²) in [5.74, 6) is 1.86. The maximum absolute atomic E-state index is 5.46. The maximum atomic E-state index is 5.46. The normalized spacial score (nSPS) is 10.4. The van der Waals surface area contributed by atoms with Crippen LogP contribution in [0.1, 0.15) is 0 Å². The van der Waals surface area contributed by atoms with Crippen molar-refractivity contribution in [3.8, 4) is 31.5 Å². The van der Waals surface area contributed by atoms with E-state index >= 15 is 0 Å². The molecule has 0 aliphatic rings. The van der Waals surface area contributed by atoms with Gasteiger partial charge in [-0.1, -0.05) is 0 Å². The second kappa shape index (κ2) is 6.21. The average molecular weight is 343 g/mol. The van der Waals surface area contributed by atoms with E-state index in [2.05, 4.69) is 36.4 Å². The van der Waals surface area contributed by atoms with Gasteiger partial charge in [-0.25, -0.2) is 0 Å². The van der Waals surface area contributed by atoms with Crippen LogP contribution in [0.4, 0.5) is 0 Å². The predicted molar refractivity (Wildman–Crippen MR) is 87.4 cm³/mol. The van der Waals surface area contributed by atoms with Crippen LogP contribution < -0.4 is 9.47 Å². The van der Waals surface area contributed by atoms with E-state index in [1.807, 2.05) is 24.3 Å². The summed E-state index contributed by atoms with van der Waals surface area (Å²) in [6, 6.07) is 20.7. The van der Waals surface area contributed by atoms with Crippen molar-refractivity contribution >= 4 is 14.5 Å². The first-order valence-corrected chi connectivity index (χ1v) is 8.41. The standard InChI is InChI=1S/C18H16O2Se/c1-19-15-9-5-3-7-13(15)17-11-12-18(21-17)14-8-4-6-10-16(14)20-2/h3-12H,1-2H3. The molecule has 0 N–H and O–H groups in total. The molecule has 0 saturated carbocycles. The van der Waals surface area contributed by atoms with Gasteiger partial charge in [0.15, 0.2) is 0 Å². The minimum absolute atomic E-state index is 0.253. The van der Waals surface area contributed by atoms with E-state index in [-0.39, 0.29) is 14.5 Å². The Kier molecular flexibility index (Phi) is 4.14. The van der Waals surface area contributed by atoms with Crippen LogP contribution in [0.3, 0.4) is 0 Å². The van der Waals surface area contributed by atoms with E-state index in [1.54, 1.807) is 14.2 Å². The molecule has 106 valence electrons. The number of rotatable bonds is 4. The van der Waals surface area contributed by atoms with Crippen LogP contribution in [0.25, 0.3) is 20.0 Å². The molecule has 3 rings (SSSR count). The topological polar surface area (TPSA) is 18.5 Å². The Balaban J connectivity index is 2.04. The molecule has 0 unspecified atom stereocenters. The first kappa shape index (κ1) is 14.0. The zero-order valence-corrected chi connectivity index (χ0v) is 13.7. The van der Waals surface area contributed by atoms with E-state index in [4.69, 9.17) is 9.47 Å².